The largest absolute Gasteiger partial charge is 0.332 e. The molecule has 0 unspecified atom stereocenters. The number of halogens is 1. The summed E-state index contributed by atoms with van der Waals surface area (Å²) in [6.45, 7) is 0.776. The van der Waals surface area contributed by atoms with Gasteiger partial charge in [0.15, 0.2) is 0 Å². The standard InChI is InChI=1S/C22H26ClN3O4S/c1-25(16-21(27)24-20-12-5-4-11-19(20)23)22(28)17-9-8-10-18(15-17)31(29,30)26-13-6-2-3-7-14-26/h4-5,8-12,15H,2-3,6-7,13-14,16H2,1H3,(H,24,27). The quantitative estimate of drug-likeness (QED) is 0.708. The van der Waals surface area contributed by atoms with Gasteiger partial charge in [-0.15, -0.1) is 0 Å². The number of carbonyl (C=O) groups excluding carboxylic acids is 2. The van der Waals surface area contributed by atoms with E-state index in [4.69, 9.17) is 11.6 Å². The van der Waals surface area contributed by atoms with Gasteiger partial charge in [0.2, 0.25) is 15.9 Å². The summed E-state index contributed by atoms with van der Waals surface area (Å²) < 4.78 is 27.5. The summed E-state index contributed by atoms with van der Waals surface area (Å²) in [5, 5.41) is 3.06. The average Bonchev–Trinajstić information content (AvgIpc) is 3.05. The summed E-state index contributed by atoms with van der Waals surface area (Å²) in [6, 6.07) is 12.8. The smallest absolute Gasteiger partial charge is 0.254 e. The lowest BCUT2D eigenvalue weighted by Gasteiger charge is -2.21. The Hall–Kier alpha value is -2.42. The maximum atomic E-state index is 13.0. The molecule has 166 valence electrons. The molecule has 1 saturated heterocycles. The van der Waals surface area contributed by atoms with Crippen molar-refractivity contribution in [3.05, 3.63) is 59.1 Å². The number of carbonyl (C=O) groups is 2. The second kappa shape index (κ2) is 10.3. The Kier molecular flexibility index (Phi) is 7.69. The van der Waals surface area contributed by atoms with Gasteiger partial charge in [-0.05, 0) is 43.2 Å². The van der Waals surface area contributed by atoms with E-state index >= 15 is 0 Å². The minimum atomic E-state index is -3.67. The van der Waals surface area contributed by atoms with E-state index in [1.807, 2.05) is 0 Å². The highest BCUT2D eigenvalue weighted by atomic mass is 35.5. The Bertz CT molecular complexity index is 1050. The molecule has 1 aliphatic rings. The Morgan fingerprint density at radius 3 is 2.39 bits per heavy atom. The van der Waals surface area contributed by atoms with E-state index in [1.165, 1.54) is 28.4 Å². The molecule has 1 N–H and O–H groups in total. The number of anilines is 1. The van der Waals surface area contributed by atoms with Gasteiger partial charge in [-0.1, -0.05) is 42.6 Å². The molecule has 0 bridgehead atoms. The maximum absolute atomic E-state index is 13.0. The third kappa shape index (κ3) is 5.84. The second-order valence-electron chi connectivity index (χ2n) is 7.54. The molecule has 2 amide bonds. The van der Waals surface area contributed by atoms with Crippen LogP contribution in [0.15, 0.2) is 53.4 Å². The van der Waals surface area contributed by atoms with Crippen molar-refractivity contribution < 1.29 is 18.0 Å². The highest BCUT2D eigenvalue weighted by Gasteiger charge is 2.26. The average molecular weight is 464 g/mol. The van der Waals surface area contributed by atoms with Crippen molar-refractivity contribution in [2.24, 2.45) is 0 Å². The molecule has 0 atom stereocenters. The third-order valence-corrected chi connectivity index (χ3v) is 7.38. The van der Waals surface area contributed by atoms with Crippen LogP contribution in [0.1, 0.15) is 36.0 Å². The van der Waals surface area contributed by atoms with Crippen LogP contribution >= 0.6 is 11.6 Å². The summed E-state index contributed by atoms with van der Waals surface area (Å²) >= 11 is 6.04. The minimum Gasteiger partial charge on any atom is -0.332 e. The molecular formula is C22H26ClN3O4S. The first kappa shape index (κ1) is 23.2. The third-order valence-electron chi connectivity index (χ3n) is 5.16. The molecule has 0 aliphatic carbocycles. The van der Waals surface area contributed by atoms with Crippen LogP contribution in [0.4, 0.5) is 5.69 Å². The van der Waals surface area contributed by atoms with Crippen molar-refractivity contribution in [1.82, 2.24) is 9.21 Å². The van der Waals surface area contributed by atoms with Gasteiger partial charge in [-0.2, -0.15) is 4.31 Å². The topological polar surface area (TPSA) is 86.8 Å². The summed E-state index contributed by atoms with van der Waals surface area (Å²) in [4.78, 5) is 26.5. The number of nitrogens with one attached hydrogen (secondary N) is 1. The van der Waals surface area contributed by atoms with Gasteiger partial charge in [-0.25, -0.2) is 8.42 Å². The van der Waals surface area contributed by atoms with Gasteiger partial charge in [0.1, 0.15) is 0 Å². The number of likely N-dealkylation sites (N-methyl/N-ethyl adjacent to an activating group) is 1. The fourth-order valence-electron chi connectivity index (χ4n) is 3.48. The van der Waals surface area contributed by atoms with Crippen LogP contribution in [0.5, 0.6) is 0 Å². The normalized spacial score (nSPS) is 15.2. The predicted octanol–water partition coefficient (Wildman–Crippen LogP) is 3.62. The van der Waals surface area contributed by atoms with Crippen molar-refractivity contribution in [2.75, 3.05) is 32.0 Å². The van der Waals surface area contributed by atoms with E-state index in [-0.39, 0.29) is 17.0 Å². The van der Waals surface area contributed by atoms with E-state index in [9.17, 15) is 18.0 Å². The summed E-state index contributed by atoms with van der Waals surface area (Å²) in [5.41, 5.74) is 0.671. The number of rotatable bonds is 6. The van der Waals surface area contributed by atoms with Gasteiger partial charge in [0.05, 0.1) is 22.2 Å². The van der Waals surface area contributed by atoms with Crippen molar-refractivity contribution in [3.8, 4) is 0 Å². The van der Waals surface area contributed by atoms with Crippen LogP contribution in [-0.4, -0.2) is 56.1 Å². The second-order valence-corrected chi connectivity index (χ2v) is 9.88. The highest BCUT2D eigenvalue weighted by Crippen LogP contribution is 2.22. The molecule has 9 heteroatoms. The molecular weight excluding hydrogens is 438 g/mol. The van der Waals surface area contributed by atoms with E-state index < -0.39 is 21.8 Å². The van der Waals surface area contributed by atoms with Gasteiger partial charge >= 0.3 is 0 Å². The Morgan fingerprint density at radius 1 is 1.03 bits per heavy atom. The molecule has 0 radical (unpaired) electrons. The molecule has 7 nitrogen and oxygen atoms in total. The molecule has 0 aromatic heterocycles. The molecule has 2 aromatic carbocycles. The zero-order valence-electron chi connectivity index (χ0n) is 17.4. The van der Waals surface area contributed by atoms with Crippen LogP contribution in [0.25, 0.3) is 0 Å². The number of benzene rings is 2. The number of hydrogen-bond donors (Lipinski definition) is 1. The zero-order chi connectivity index (χ0) is 22.4. The van der Waals surface area contributed by atoms with E-state index in [1.54, 1.807) is 36.4 Å². The molecule has 3 rings (SSSR count). The maximum Gasteiger partial charge on any atom is 0.254 e. The fraction of sp³-hybridized carbons (Fsp3) is 0.364. The number of nitrogens with zero attached hydrogens (tertiary/aromatic N) is 2. The molecule has 1 aliphatic heterocycles. The minimum absolute atomic E-state index is 0.0918. The molecule has 0 spiro atoms. The predicted molar refractivity (Wildman–Crippen MR) is 121 cm³/mol. The lowest BCUT2D eigenvalue weighted by Crippen LogP contribution is -2.35. The monoisotopic (exact) mass is 463 g/mol. The van der Waals surface area contributed by atoms with Crippen molar-refractivity contribution in [1.29, 1.82) is 0 Å². The Morgan fingerprint density at radius 2 is 1.71 bits per heavy atom. The SMILES string of the molecule is CN(CC(=O)Nc1ccccc1Cl)C(=O)c1cccc(S(=O)(=O)N2CCCCCC2)c1. The highest BCUT2D eigenvalue weighted by molar-refractivity contribution is 7.89. The first-order valence-corrected chi connectivity index (χ1v) is 12.0. The first-order valence-electron chi connectivity index (χ1n) is 10.2. The van der Waals surface area contributed by atoms with Crippen LogP contribution < -0.4 is 5.32 Å². The number of amides is 2. The van der Waals surface area contributed by atoms with Crippen LogP contribution in [0.2, 0.25) is 5.02 Å². The van der Waals surface area contributed by atoms with Crippen molar-refractivity contribution in [3.63, 3.8) is 0 Å². The molecule has 31 heavy (non-hydrogen) atoms. The number of sulfonamides is 1. The van der Waals surface area contributed by atoms with Crippen molar-refractivity contribution in [2.45, 2.75) is 30.6 Å². The molecule has 1 heterocycles. The van der Waals surface area contributed by atoms with Crippen LogP contribution in [0.3, 0.4) is 0 Å². The Balaban J connectivity index is 1.70. The van der Waals surface area contributed by atoms with Gasteiger partial charge in [0, 0.05) is 25.7 Å². The van der Waals surface area contributed by atoms with Gasteiger partial charge in [-0.3, -0.25) is 9.59 Å². The lowest BCUT2D eigenvalue weighted by molar-refractivity contribution is -0.116. The van der Waals surface area contributed by atoms with Gasteiger partial charge < -0.3 is 10.2 Å². The Labute approximate surface area is 188 Å². The van der Waals surface area contributed by atoms with E-state index in [2.05, 4.69) is 5.32 Å². The number of para-hydroxylation sites is 1. The van der Waals surface area contributed by atoms with Gasteiger partial charge in [0.25, 0.3) is 5.91 Å². The van der Waals surface area contributed by atoms with Crippen molar-refractivity contribution >= 4 is 39.1 Å². The van der Waals surface area contributed by atoms with Crippen LogP contribution in [-0.2, 0) is 14.8 Å². The molecule has 1 fully saturated rings. The first-order chi connectivity index (χ1) is 14.8. The fourth-order valence-corrected chi connectivity index (χ4v) is 5.23. The van der Waals surface area contributed by atoms with Crippen LogP contribution in [0, 0.1) is 0 Å². The summed E-state index contributed by atoms with van der Waals surface area (Å²) in [6.07, 6.45) is 3.71. The molecule has 0 saturated carbocycles. The van der Waals surface area contributed by atoms with E-state index in [0.717, 1.165) is 25.7 Å². The summed E-state index contributed by atoms with van der Waals surface area (Å²) in [7, 11) is -2.18. The summed E-state index contributed by atoms with van der Waals surface area (Å²) in [5.74, 6) is -0.848. The van der Waals surface area contributed by atoms with E-state index in [0.29, 0.717) is 23.8 Å². The molecule has 2 aromatic rings. The lowest BCUT2D eigenvalue weighted by atomic mass is 10.2. The zero-order valence-corrected chi connectivity index (χ0v) is 19.0. The number of hydrogen-bond acceptors (Lipinski definition) is 4.